The molecule has 1 heterocycles. The highest BCUT2D eigenvalue weighted by Gasteiger charge is 2.27. The molecule has 0 saturated heterocycles. The summed E-state index contributed by atoms with van der Waals surface area (Å²) in [5.41, 5.74) is -0.145. The van der Waals surface area contributed by atoms with E-state index in [0.29, 0.717) is 0 Å². The smallest absolute Gasteiger partial charge is 0.326 e. The van der Waals surface area contributed by atoms with Gasteiger partial charge in [0.25, 0.3) is 5.91 Å². The highest BCUT2D eigenvalue weighted by Crippen LogP contribution is 2.15. The Labute approximate surface area is 111 Å². The summed E-state index contributed by atoms with van der Waals surface area (Å²) in [4.78, 5) is 43.0. The zero-order valence-electron chi connectivity index (χ0n) is 10.3. The van der Waals surface area contributed by atoms with Gasteiger partial charge < -0.3 is 25.6 Å². The van der Waals surface area contributed by atoms with E-state index in [0.717, 1.165) is 16.7 Å². The Morgan fingerprint density at radius 1 is 1.40 bits per heavy atom. The second-order valence-corrected chi connectivity index (χ2v) is 3.86. The van der Waals surface area contributed by atoms with E-state index in [9.17, 15) is 24.5 Å². The maximum Gasteiger partial charge on any atom is 0.326 e. The monoisotopic (exact) mass is 285 g/mol. The number of carboxylic acids is 2. The molecule has 0 unspecified atom stereocenters. The number of carbonyl (C=O) groups excluding carboxylic acids is 1. The van der Waals surface area contributed by atoms with Crippen LogP contribution in [-0.2, 0) is 16.6 Å². The molecule has 10 nitrogen and oxygen atoms in total. The molecule has 1 atom stereocenters. The van der Waals surface area contributed by atoms with Gasteiger partial charge in [-0.05, 0) is 11.0 Å². The fourth-order valence-corrected chi connectivity index (χ4v) is 1.52. The van der Waals surface area contributed by atoms with Crippen molar-refractivity contribution in [3.8, 4) is 0 Å². The van der Waals surface area contributed by atoms with Gasteiger partial charge >= 0.3 is 17.8 Å². The summed E-state index contributed by atoms with van der Waals surface area (Å²) in [7, 11) is 1.26. The van der Waals surface area contributed by atoms with Gasteiger partial charge in [0.2, 0.25) is 0 Å². The maximum atomic E-state index is 11.8. The molecule has 0 saturated carbocycles. The van der Waals surface area contributed by atoms with Crippen LogP contribution in [0.3, 0.4) is 0 Å². The molecule has 1 aromatic rings. The maximum absolute atomic E-state index is 11.8. The average Bonchev–Trinajstić information content (AvgIpc) is 2.69. The summed E-state index contributed by atoms with van der Waals surface area (Å²) in [6, 6.07) is 0.614. The van der Waals surface area contributed by atoms with Gasteiger partial charge in [0.15, 0.2) is 5.69 Å². The lowest BCUT2D eigenvalue weighted by Crippen LogP contribution is -2.42. The Hall–Kier alpha value is -2.91. The second-order valence-electron chi connectivity index (χ2n) is 3.86. The van der Waals surface area contributed by atoms with Crippen LogP contribution in [0.4, 0.5) is 5.82 Å². The number of hydrogen-bond acceptors (Lipinski definition) is 5. The van der Waals surface area contributed by atoms with Crippen LogP contribution in [0.1, 0.15) is 16.9 Å². The number of nitro groups is 1. The van der Waals surface area contributed by atoms with Gasteiger partial charge in [-0.3, -0.25) is 9.59 Å². The summed E-state index contributed by atoms with van der Waals surface area (Å²) >= 11 is 0. The van der Waals surface area contributed by atoms with Gasteiger partial charge in [-0.1, -0.05) is 0 Å². The van der Waals surface area contributed by atoms with Crippen LogP contribution in [0.25, 0.3) is 0 Å². The van der Waals surface area contributed by atoms with Gasteiger partial charge in [-0.25, -0.2) is 9.36 Å². The van der Waals surface area contributed by atoms with E-state index in [1.807, 2.05) is 5.32 Å². The van der Waals surface area contributed by atoms with E-state index in [4.69, 9.17) is 10.2 Å². The molecule has 3 N–H and O–H groups in total. The first-order valence-corrected chi connectivity index (χ1v) is 5.29. The number of carbonyl (C=O) groups is 3. The molecule has 0 fully saturated rings. The minimum atomic E-state index is -1.62. The number of nitrogens with one attached hydrogen (secondary N) is 1. The second kappa shape index (κ2) is 5.82. The fraction of sp³-hybridized carbons (Fsp3) is 0.300. The fourth-order valence-electron chi connectivity index (χ4n) is 1.52. The third-order valence-electron chi connectivity index (χ3n) is 2.50. The van der Waals surface area contributed by atoms with E-state index in [1.165, 1.54) is 7.05 Å². The van der Waals surface area contributed by atoms with Gasteiger partial charge in [0.1, 0.15) is 6.04 Å². The summed E-state index contributed by atoms with van der Waals surface area (Å²) in [5, 5.41) is 29.9. The number of hydrogen-bond donors (Lipinski definition) is 3. The standard InChI is InChI=1S/C10H11N3O7/c1-12-6(2-3-7(12)13(19)20)9(16)11-5(10(17)18)4-8(14)15/h2-3,5H,4H2,1H3,(H,11,16)(H,14,15)(H,17,18)/t5-/m1/s1. The van der Waals surface area contributed by atoms with Gasteiger partial charge in [0.05, 0.1) is 13.5 Å². The van der Waals surface area contributed by atoms with E-state index in [1.54, 1.807) is 0 Å². The predicted octanol–water partition coefficient (Wildman–Crippen LogP) is -0.409. The molecule has 108 valence electrons. The Balaban J connectivity index is 2.92. The minimum Gasteiger partial charge on any atom is -0.481 e. The molecule has 0 aromatic carbocycles. The number of aliphatic carboxylic acids is 2. The molecule has 20 heavy (non-hydrogen) atoms. The lowest BCUT2D eigenvalue weighted by Gasteiger charge is -2.11. The molecular formula is C10H11N3O7. The van der Waals surface area contributed by atoms with Crippen molar-refractivity contribution in [1.29, 1.82) is 0 Å². The zero-order valence-corrected chi connectivity index (χ0v) is 10.3. The normalized spacial score (nSPS) is 11.7. The molecule has 0 radical (unpaired) electrons. The first-order chi connectivity index (χ1) is 9.23. The number of aromatic nitrogens is 1. The molecule has 0 spiro atoms. The van der Waals surface area contributed by atoms with Crippen LogP contribution in [0, 0.1) is 10.1 Å². The highest BCUT2D eigenvalue weighted by molar-refractivity contribution is 5.96. The van der Waals surface area contributed by atoms with Gasteiger partial charge in [0, 0.05) is 6.07 Å². The largest absolute Gasteiger partial charge is 0.481 e. The first-order valence-electron chi connectivity index (χ1n) is 5.29. The van der Waals surface area contributed by atoms with Gasteiger partial charge in [-0.15, -0.1) is 0 Å². The summed E-state index contributed by atoms with van der Waals surface area (Å²) < 4.78 is 0.967. The molecule has 0 bridgehead atoms. The van der Waals surface area contributed by atoms with Gasteiger partial charge in [-0.2, -0.15) is 0 Å². The van der Waals surface area contributed by atoms with Crippen molar-refractivity contribution in [3.05, 3.63) is 27.9 Å². The van der Waals surface area contributed by atoms with Crippen molar-refractivity contribution in [2.75, 3.05) is 0 Å². The Morgan fingerprint density at radius 2 is 2.00 bits per heavy atom. The minimum absolute atomic E-state index is 0.145. The molecule has 0 aliphatic carbocycles. The lowest BCUT2D eigenvalue weighted by atomic mass is 10.2. The van der Waals surface area contributed by atoms with Crippen LogP contribution < -0.4 is 5.32 Å². The van der Waals surface area contributed by atoms with Crippen molar-refractivity contribution >= 4 is 23.7 Å². The van der Waals surface area contributed by atoms with E-state index < -0.39 is 35.2 Å². The molecule has 1 rings (SSSR count). The van der Waals surface area contributed by atoms with Crippen LogP contribution in [0.15, 0.2) is 12.1 Å². The number of rotatable bonds is 6. The lowest BCUT2D eigenvalue weighted by molar-refractivity contribution is -0.391. The van der Waals surface area contributed by atoms with Crippen LogP contribution in [0.5, 0.6) is 0 Å². The van der Waals surface area contributed by atoms with Crippen molar-refractivity contribution in [3.63, 3.8) is 0 Å². The van der Waals surface area contributed by atoms with Crippen molar-refractivity contribution in [2.45, 2.75) is 12.5 Å². The topological polar surface area (TPSA) is 152 Å². The van der Waals surface area contributed by atoms with Crippen molar-refractivity contribution < 1.29 is 29.5 Å². The van der Waals surface area contributed by atoms with Crippen LogP contribution in [0.2, 0.25) is 0 Å². The first kappa shape index (κ1) is 15.1. The molecule has 0 aliphatic rings. The average molecular weight is 285 g/mol. The summed E-state index contributed by atoms with van der Waals surface area (Å²) in [6.45, 7) is 0. The van der Waals surface area contributed by atoms with Crippen molar-refractivity contribution in [2.24, 2.45) is 7.05 Å². The highest BCUT2D eigenvalue weighted by atomic mass is 16.6. The molecule has 1 aromatic heterocycles. The Bertz CT molecular complexity index is 577. The molecule has 1 amide bonds. The number of carboxylic acid groups (broad SMARTS) is 2. The van der Waals surface area contributed by atoms with E-state index in [2.05, 4.69) is 0 Å². The third-order valence-corrected chi connectivity index (χ3v) is 2.50. The summed E-state index contributed by atoms with van der Waals surface area (Å²) in [6.07, 6.45) is -0.798. The third kappa shape index (κ3) is 3.31. The van der Waals surface area contributed by atoms with Crippen molar-refractivity contribution in [1.82, 2.24) is 9.88 Å². The predicted molar refractivity (Wildman–Crippen MR) is 63.2 cm³/mol. The number of amides is 1. The SMILES string of the molecule is Cn1c(C(=O)N[C@H](CC(=O)O)C(=O)O)ccc1[N+](=O)[O-]. The molecular weight excluding hydrogens is 274 g/mol. The van der Waals surface area contributed by atoms with Crippen LogP contribution >= 0.6 is 0 Å². The van der Waals surface area contributed by atoms with E-state index in [-0.39, 0.29) is 11.5 Å². The molecule has 0 aliphatic heterocycles. The molecule has 10 heteroatoms. The zero-order chi connectivity index (χ0) is 15.4. The summed E-state index contributed by atoms with van der Waals surface area (Å²) in [5.74, 6) is -4.16. The number of nitrogens with zero attached hydrogens (tertiary/aromatic N) is 2. The van der Waals surface area contributed by atoms with Crippen LogP contribution in [-0.4, -0.2) is 43.6 Å². The Kier molecular flexibility index (Phi) is 4.41. The quantitative estimate of drug-likeness (QED) is 0.474. The van der Waals surface area contributed by atoms with E-state index >= 15 is 0 Å². The Morgan fingerprint density at radius 3 is 2.40 bits per heavy atom.